The molecule has 14 heavy (non-hydrogen) atoms. The molecule has 2 saturated heterocycles. The van der Waals surface area contributed by atoms with Gasteiger partial charge in [-0.05, 0) is 64.9 Å². The Balaban J connectivity index is 1.97. The number of aliphatic hydroxyl groups is 1. The van der Waals surface area contributed by atoms with Crippen molar-refractivity contribution in [3.63, 3.8) is 0 Å². The molecule has 2 rings (SSSR count). The zero-order valence-corrected chi connectivity index (χ0v) is 12.1. The second-order valence-electron chi connectivity index (χ2n) is 3.63. The molecule has 6 heteroatoms. The molecule has 0 saturated carbocycles. The van der Waals surface area contributed by atoms with E-state index in [1.165, 1.54) is 0 Å². The lowest BCUT2D eigenvalue weighted by Gasteiger charge is -2.43. The molecule has 2 heterocycles. The zero-order valence-electron chi connectivity index (χ0n) is 7.82. The van der Waals surface area contributed by atoms with Gasteiger partial charge in [-0.25, -0.2) is 4.90 Å². The third-order valence-electron chi connectivity index (χ3n) is 2.58. The first-order valence-electron chi connectivity index (χ1n) is 4.65. The largest absolute Gasteiger partial charge is 0.369 e. The van der Waals surface area contributed by atoms with E-state index in [1.54, 1.807) is 0 Å². The van der Waals surface area contributed by atoms with Crippen LogP contribution in [0.15, 0.2) is 0 Å². The average molecular weight is 425 g/mol. The standard InChI is InChI=1S/C8H13I2NO3/c1-5-13-7(14-5)11-4-2-3-6(11)8(9,10)12/h5-7,12H,2-4H2,1H3/t5?,6-,7?/m0/s1. The molecule has 2 aliphatic heterocycles. The summed E-state index contributed by atoms with van der Waals surface area (Å²) >= 11 is 4.12. The van der Waals surface area contributed by atoms with Gasteiger partial charge < -0.3 is 14.6 Å². The smallest absolute Gasteiger partial charge is 0.223 e. The van der Waals surface area contributed by atoms with E-state index < -0.39 is 1.61 Å². The molecule has 0 bridgehead atoms. The van der Waals surface area contributed by atoms with Crippen LogP contribution >= 0.6 is 45.2 Å². The van der Waals surface area contributed by atoms with Crippen LogP contribution in [0.1, 0.15) is 19.8 Å². The summed E-state index contributed by atoms with van der Waals surface area (Å²) in [6.07, 6.45) is 1.75. The van der Waals surface area contributed by atoms with E-state index in [0.717, 1.165) is 19.4 Å². The molecule has 1 N–H and O–H groups in total. The molecule has 0 aromatic heterocycles. The lowest BCUT2D eigenvalue weighted by atomic mass is 10.2. The monoisotopic (exact) mass is 425 g/mol. The lowest BCUT2D eigenvalue weighted by Crippen LogP contribution is -2.56. The number of ether oxygens (including phenoxy) is 2. The Bertz CT molecular complexity index is 215. The van der Waals surface area contributed by atoms with E-state index in [1.807, 2.05) is 6.92 Å². The first kappa shape index (κ1) is 11.8. The second-order valence-corrected chi connectivity index (χ2v) is 8.98. The molecule has 82 valence electrons. The van der Waals surface area contributed by atoms with Crippen molar-refractivity contribution in [1.29, 1.82) is 0 Å². The van der Waals surface area contributed by atoms with Gasteiger partial charge in [0.25, 0.3) is 0 Å². The molecule has 4 nitrogen and oxygen atoms in total. The minimum absolute atomic E-state index is 0.0993. The maximum atomic E-state index is 9.94. The van der Waals surface area contributed by atoms with Crippen molar-refractivity contribution in [3.05, 3.63) is 0 Å². The van der Waals surface area contributed by atoms with Gasteiger partial charge >= 0.3 is 0 Å². The van der Waals surface area contributed by atoms with E-state index in [9.17, 15) is 5.11 Å². The minimum Gasteiger partial charge on any atom is -0.369 e. The quantitative estimate of drug-likeness (QED) is 0.540. The van der Waals surface area contributed by atoms with Gasteiger partial charge in [-0.3, -0.25) is 0 Å². The van der Waals surface area contributed by atoms with Crippen molar-refractivity contribution < 1.29 is 14.6 Å². The predicted molar refractivity (Wildman–Crippen MR) is 68.1 cm³/mol. The molecule has 0 aromatic carbocycles. The summed E-state index contributed by atoms with van der Waals surface area (Å²) in [7, 11) is 0. The van der Waals surface area contributed by atoms with Gasteiger partial charge in [0.1, 0.15) is 0 Å². The maximum absolute atomic E-state index is 9.94. The number of likely N-dealkylation sites (tertiary alicyclic amines) is 1. The van der Waals surface area contributed by atoms with Gasteiger partial charge in [-0.1, -0.05) is 0 Å². The SMILES string of the molecule is CC1OC(N2CCC[C@H]2C(O)(I)I)O1. The summed E-state index contributed by atoms with van der Waals surface area (Å²) in [6.45, 7) is 2.82. The number of hydrogen-bond acceptors (Lipinski definition) is 4. The first-order valence-corrected chi connectivity index (χ1v) is 6.81. The molecule has 0 radical (unpaired) electrons. The molecular weight excluding hydrogens is 412 g/mol. The van der Waals surface area contributed by atoms with Gasteiger partial charge in [0, 0.05) is 6.54 Å². The Hall–Kier alpha value is 1.30. The van der Waals surface area contributed by atoms with E-state index in [4.69, 9.17) is 9.47 Å². The minimum atomic E-state index is -0.739. The number of rotatable bonds is 2. The molecule has 0 unspecified atom stereocenters. The van der Waals surface area contributed by atoms with Gasteiger partial charge in [0.15, 0.2) is 7.90 Å². The van der Waals surface area contributed by atoms with Crippen LogP contribution in [0.2, 0.25) is 0 Å². The third-order valence-corrected chi connectivity index (χ3v) is 4.02. The normalized spacial score (nSPS) is 39.9. The van der Waals surface area contributed by atoms with Crippen LogP contribution in [-0.2, 0) is 9.47 Å². The Labute approximate surface area is 111 Å². The fraction of sp³-hybridized carbons (Fsp3) is 1.00. The summed E-state index contributed by atoms with van der Waals surface area (Å²) in [5, 5.41) is 9.94. The van der Waals surface area contributed by atoms with Crippen molar-refractivity contribution in [2.24, 2.45) is 0 Å². The summed E-state index contributed by atoms with van der Waals surface area (Å²) < 4.78 is 10.1. The highest BCUT2D eigenvalue weighted by Gasteiger charge is 2.46. The van der Waals surface area contributed by atoms with E-state index in [2.05, 4.69) is 50.1 Å². The summed E-state index contributed by atoms with van der Waals surface area (Å²) in [4.78, 5) is 2.10. The van der Waals surface area contributed by atoms with Gasteiger partial charge in [-0.2, -0.15) is 0 Å². The Morgan fingerprint density at radius 1 is 1.43 bits per heavy atom. The molecular formula is C8H13I2NO3. The van der Waals surface area contributed by atoms with Gasteiger partial charge in [0.2, 0.25) is 6.41 Å². The maximum Gasteiger partial charge on any atom is 0.223 e. The number of nitrogens with zero attached hydrogens (tertiary/aromatic N) is 1. The van der Waals surface area contributed by atoms with Crippen molar-refractivity contribution in [3.8, 4) is 0 Å². The van der Waals surface area contributed by atoms with Crippen LogP contribution in [0, 0.1) is 0 Å². The number of hydrogen-bond donors (Lipinski definition) is 1. The molecule has 0 amide bonds. The molecule has 0 aromatic rings. The highest BCUT2D eigenvalue weighted by atomic mass is 127. The van der Waals surface area contributed by atoms with Crippen molar-refractivity contribution in [2.75, 3.05) is 6.54 Å². The van der Waals surface area contributed by atoms with E-state index in [0.29, 0.717) is 0 Å². The Morgan fingerprint density at radius 2 is 2.07 bits per heavy atom. The fourth-order valence-corrected chi connectivity index (χ4v) is 3.25. The summed E-state index contributed by atoms with van der Waals surface area (Å²) in [6, 6.07) is 0.126. The molecule has 2 fully saturated rings. The van der Waals surface area contributed by atoms with Crippen molar-refractivity contribution in [2.45, 2.75) is 40.1 Å². The topological polar surface area (TPSA) is 41.9 Å². The highest BCUT2D eigenvalue weighted by Crippen LogP contribution is 2.40. The van der Waals surface area contributed by atoms with Crippen LogP contribution in [0.4, 0.5) is 0 Å². The third kappa shape index (κ3) is 2.34. The van der Waals surface area contributed by atoms with Crippen molar-refractivity contribution in [1.82, 2.24) is 4.90 Å². The summed E-state index contributed by atoms with van der Waals surface area (Å²) in [5.74, 6) is 0. The molecule has 2 aliphatic rings. The van der Waals surface area contributed by atoms with Crippen LogP contribution in [0.3, 0.4) is 0 Å². The Morgan fingerprint density at radius 3 is 2.57 bits per heavy atom. The van der Waals surface area contributed by atoms with Crippen LogP contribution in [0.25, 0.3) is 0 Å². The molecule has 1 atom stereocenters. The summed E-state index contributed by atoms with van der Waals surface area (Å²) in [5.41, 5.74) is 0. The highest BCUT2D eigenvalue weighted by molar-refractivity contribution is 14.2. The van der Waals surface area contributed by atoms with Crippen LogP contribution < -0.4 is 0 Å². The van der Waals surface area contributed by atoms with E-state index >= 15 is 0 Å². The van der Waals surface area contributed by atoms with E-state index in [-0.39, 0.29) is 18.7 Å². The van der Waals surface area contributed by atoms with Crippen LogP contribution in [0.5, 0.6) is 0 Å². The molecule has 0 spiro atoms. The number of alkyl halides is 2. The predicted octanol–water partition coefficient (Wildman–Crippen LogP) is 1.64. The van der Waals surface area contributed by atoms with Gasteiger partial charge in [0.05, 0.1) is 6.04 Å². The van der Waals surface area contributed by atoms with Crippen molar-refractivity contribution >= 4 is 45.2 Å². The average Bonchev–Trinajstić information content (AvgIpc) is 2.44. The lowest BCUT2D eigenvalue weighted by molar-refractivity contribution is -0.425. The van der Waals surface area contributed by atoms with Crippen LogP contribution in [-0.4, -0.2) is 36.9 Å². The van der Waals surface area contributed by atoms with Gasteiger partial charge in [-0.15, -0.1) is 0 Å². The zero-order chi connectivity index (χ0) is 10.3. The second kappa shape index (κ2) is 4.28. The number of halogens is 2. The molecule has 0 aliphatic carbocycles. The fourth-order valence-electron chi connectivity index (χ4n) is 1.91. The first-order chi connectivity index (χ1) is 6.48. The Kier molecular flexibility index (Phi) is 3.60.